The molecule has 1 aliphatic carbocycles. The van der Waals surface area contributed by atoms with Crippen molar-refractivity contribution >= 4 is 5.97 Å². The van der Waals surface area contributed by atoms with E-state index in [0.29, 0.717) is 0 Å². The Morgan fingerprint density at radius 3 is 2.06 bits per heavy atom. The third-order valence-electron chi connectivity index (χ3n) is 3.17. The molecule has 1 rings (SSSR count). The summed E-state index contributed by atoms with van der Waals surface area (Å²) in [4.78, 5) is 11.3. The van der Waals surface area contributed by atoms with Crippen LogP contribution in [0.15, 0.2) is 0 Å². The first kappa shape index (κ1) is 14.4. The lowest BCUT2D eigenvalue weighted by Crippen LogP contribution is -2.44. The molecule has 3 nitrogen and oxygen atoms in total. The standard InChI is InChI=1S/C12H20F2O3/c1-10(2,3)17-8-11(9(15)16)4-6-12(13,14)7-5-11/h4-8H2,1-3H3,(H,15,16). The third-order valence-corrected chi connectivity index (χ3v) is 3.17. The Kier molecular flexibility index (Phi) is 3.81. The second-order valence-corrected chi connectivity index (χ2v) is 5.84. The molecule has 0 aromatic rings. The lowest BCUT2D eigenvalue weighted by molar-refractivity contribution is -0.168. The van der Waals surface area contributed by atoms with Crippen LogP contribution in [-0.2, 0) is 9.53 Å². The number of ether oxygens (including phenoxy) is 1. The summed E-state index contributed by atoms with van der Waals surface area (Å²) >= 11 is 0. The van der Waals surface area contributed by atoms with Crippen molar-refractivity contribution in [3.05, 3.63) is 0 Å². The van der Waals surface area contributed by atoms with Gasteiger partial charge in [-0.3, -0.25) is 4.79 Å². The van der Waals surface area contributed by atoms with Crippen LogP contribution in [0, 0.1) is 5.41 Å². The van der Waals surface area contributed by atoms with Gasteiger partial charge in [0.25, 0.3) is 0 Å². The minimum Gasteiger partial charge on any atom is -0.481 e. The summed E-state index contributed by atoms with van der Waals surface area (Å²) in [6, 6.07) is 0. The molecule has 1 fully saturated rings. The maximum absolute atomic E-state index is 13.1. The van der Waals surface area contributed by atoms with Gasteiger partial charge in [-0.1, -0.05) is 0 Å². The van der Waals surface area contributed by atoms with Gasteiger partial charge in [0, 0.05) is 12.8 Å². The summed E-state index contributed by atoms with van der Waals surface area (Å²) in [7, 11) is 0. The van der Waals surface area contributed by atoms with Gasteiger partial charge in [-0.2, -0.15) is 0 Å². The van der Waals surface area contributed by atoms with Gasteiger partial charge in [0.1, 0.15) is 0 Å². The largest absolute Gasteiger partial charge is 0.481 e. The summed E-state index contributed by atoms with van der Waals surface area (Å²) in [5.41, 5.74) is -1.60. The minimum atomic E-state index is -2.72. The van der Waals surface area contributed by atoms with Crippen LogP contribution in [0.5, 0.6) is 0 Å². The molecule has 17 heavy (non-hydrogen) atoms. The Bertz CT molecular complexity index is 285. The maximum atomic E-state index is 13.1. The van der Waals surface area contributed by atoms with Gasteiger partial charge >= 0.3 is 5.97 Å². The molecule has 0 radical (unpaired) electrons. The van der Waals surface area contributed by atoms with Gasteiger partial charge < -0.3 is 9.84 Å². The van der Waals surface area contributed by atoms with E-state index >= 15 is 0 Å². The van der Waals surface area contributed by atoms with Gasteiger partial charge in [0.2, 0.25) is 5.92 Å². The Hall–Kier alpha value is -0.710. The molecule has 0 aromatic carbocycles. The molecule has 1 saturated carbocycles. The monoisotopic (exact) mass is 250 g/mol. The quantitative estimate of drug-likeness (QED) is 0.837. The first-order valence-corrected chi connectivity index (χ1v) is 5.82. The summed E-state index contributed by atoms with van der Waals surface area (Å²) in [5, 5.41) is 9.23. The van der Waals surface area contributed by atoms with Crippen molar-refractivity contribution in [3.8, 4) is 0 Å². The average Bonchev–Trinajstić information content (AvgIpc) is 2.15. The van der Waals surface area contributed by atoms with E-state index in [4.69, 9.17) is 4.74 Å². The van der Waals surface area contributed by atoms with Crippen LogP contribution in [0.1, 0.15) is 46.5 Å². The van der Waals surface area contributed by atoms with E-state index in [-0.39, 0.29) is 32.3 Å². The zero-order valence-electron chi connectivity index (χ0n) is 10.6. The highest BCUT2D eigenvalue weighted by Gasteiger charge is 2.48. The fourth-order valence-corrected chi connectivity index (χ4v) is 1.87. The number of carboxylic acid groups (broad SMARTS) is 1. The highest BCUT2D eigenvalue weighted by molar-refractivity contribution is 5.75. The normalized spacial score (nSPS) is 23.4. The molecule has 0 saturated heterocycles. The van der Waals surface area contributed by atoms with Crippen LogP contribution < -0.4 is 0 Å². The van der Waals surface area contributed by atoms with E-state index in [9.17, 15) is 18.7 Å². The van der Waals surface area contributed by atoms with Crippen LogP contribution in [0.2, 0.25) is 0 Å². The van der Waals surface area contributed by atoms with E-state index in [1.165, 1.54) is 0 Å². The van der Waals surface area contributed by atoms with Crippen molar-refractivity contribution in [1.82, 2.24) is 0 Å². The predicted molar refractivity (Wildman–Crippen MR) is 59.2 cm³/mol. The van der Waals surface area contributed by atoms with Crippen LogP contribution in [0.4, 0.5) is 8.78 Å². The molecular formula is C12H20F2O3. The van der Waals surface area contributed by atoms with Gasteiger partial charge in [-0.05, 0) is 33.6 Å². The predicted octanol–water partition coefficient (Wildman–Crippen LogP) is 3.08. The molecule has 100 valence electrons. The molecule has 0 spiro atoms. The minimum absolute atomic E-state index is 0.00190. The number of hydrogen-bond donors (Lipinski definition) is 1. The molecule has 1 aliphatic rings. The molecule has 0 atom stereocenters. The molecule has 0 aromatic heterocycles. The van der Waals surface area contributed by atoms with Crippen molar-refractivity contribution in [3.63, 3.8) is 0 Å². The van der Waals surface area contributed by atoms with E-state index in [0.717, 1.165) is 0 Å². The van der Waals surface area contributed by atoms with E-state index in [2.05, 4.69) is 0 Å². The number of halogens is 2. The van der Waals surface area contributed by atoms with Gasteiger partial charge in [0.15, 0.2) is 0 Å². The molecular weight excluding hydrogens is 230 g/mol. The second-order valence-electron chi connectivity index (χ2n) is 5.84. The summed E-state index contributed by atoms with van der Waals surface area (Å²) in [6.45, 7) is 5.46. The van der Waals surface area contributed by atoms with E-state index in [1.54, 1.807) is 0 Å². The highest BCUT2D eigenvalue weighted by Crippen LogP contribution is 2.44. The number of rotatable bonds is 3. The van der Waals surface area contributed by atoms with Crippen molar-refractivity contribution in [1.29, 1.82) is 0 Å². The molecule has 0 amide bonds. The molecule has 0 aliphatic heterocycles. The van der Waals surface area contributed by atoms with E-state index < -0.39 is 22.9 Å². The highest BCUT2D eigenvalue weighted by atomic mass is 19.3. The zero-order chi connectivity index (χ0) is 13.3. The maximum Gasteiger partial charge on any atom is 0.311 e. The van der Waals surface area contributed by atoms with Gasteiger partial charge in [0.05, 0.1) is 17.6 Å². The Balaban J connectivity index is 2.69. The summed E-state index contributed by atoms with van der Waals surface area (Å²) < 4.78 is 31.6. The van der Waals surface area contributed by atoms with Crippen LogP contribution in [0.25, 0.3) is 0 Å². The van der Waals surface area contributed by atoms with Crippen molar-refractivity contribution in [2.75, 3.05) is 6.61 Å². The molecule has 5 heteroatoms. The van der Waals surface area contributed by atoms with Crippen LogP contribution in [-0.4, -0.2) is 29.2 Å². The fraction of sp³-hybridized carbons (Fsp3) is 0.917. The lowest BCUT2D eigenvalue weighted by atomic mass is 9.73. The Morgan fingerprint density at radius 1 is 1.24 bits per heavy atom. The third kappa shape index (κ3) is 3.91. The number of alkyl halides is 2. The van der Waals surface area contributed by atoms with Crippen LogP contribution >= 0.6 is 0 Å². The topological polar surface area (TPSA) is 46.5 Å². The molecule has 0 heterocycles. The summed E-state index contributed by atoms with van der Waals surface area (Å²) in [6.07, 6.45) is -0.781. The van der Waals surface area contributed by atoms with Crippen molar-refractivity contribution in [2.24, 2.45) is 5.41 Å². The van der Waals surface area contributed by atoms with Gasteiger partial charge in [-0.15, -0.1) is 0 Å². The van der Waals surface area contributed by atoms with Crippen LogP contribution in [0.3, 0.4) is 0 Å². The van der Waals surface area contributed by atoms with E-state index in [1.807, 2.05) is 20.8 Å². The number of aliphatic carboxylic acids is 1. The molecule has 0 bridgehead atoms. The van der Waals surface area contributed by atoms with Gasteiger partial charge in [-0.25, -0.2) is 8.78 Å². The SMILES string of the molecule is CC(C)(C)OCC1(C(=O)O)CCC(F)(F)CC1. The first-order chi connectivity index (χ1) is 7.56. The number of carboxylic acids is 1. The lowest BCUT2D eigenvalue weighted by Gasteiger charge is -2.38. The number of hydrogen-bond acceptors (Lipinski definition) is 2. The average molecular weight is 250 g/mol. The van der Waals surface area contributed by atoms with Crippen molar-refractivity contribution < 1.29 is 23.4 Å². The molecule has 1 N–H and O–H groups in total. The zero-order valence-corrected chi connectivity index (χ0v) is 10.6. The second kappa shape index (κ2) is 4.52. The smallest absolute Gasteiger partial charge is 0.311 e. The fourth-order valence-electron chi connectivity index (χ4n) is 1.87. The first-order valence-electron chi connectivity index (χ1n) is 5.82. The number of carbonyl (C=O) groups is 1. The Morgan fingerprint density at radius 2 is 1.71 bits per heavy atom. The van der Waals surface area contributed by atoms with Crippen molar-refractivity contribution in [2.45, 2.75) is 58.0 Å². The molecule has 0 unspecified atom stereocenters. The summed E-state index contributed by atoms with van der Waals surface area (Å²) in [5.74, 6) is -3.75. The Labute approximate surface area is 100 Å².